The van der Waals surface area contributed by atoms with Crippen LogP contribution in [-0.2, 0) is 13.1 Å². The lowest BCUT2D eigenvalue weighted by Gasteiger charge is -2.13. The summed E-state index contributed by atoms with van der Waals surface area (Å²) >= 11 is 3.49. The number of aromatic nitrogens is 1. The normalized spacial score (nSPS) is 11.3. The van der Waals surface area contributed by atoms with Crippen LogP contribution in [0.5, 0.6) is 5.75 Å². The second-order valence-electron chi connectivity index (χ2n) is 5.97. The minimum atomic E-state index is 0. The molecule has 0 saturated carbocycles. The summed E-state index contributed by atoms with van der Waals surface area (Å²) in [5, 5.41) is 10.7. The van der Waals surface area contributed by atoms with E-state index in [0.29, 0.717) is 25.0 Å². The fraction of sp³-hybridized carbons (Fsp3) is 0.474. The van der Waals surface area contributed by atoms with E-state index >= 15 is 0 Å². The van der Waals surface area contributed by atoms with E-state index in [0.717, 1.165) is 40.1 Å². The molecule has 2 rings (SSSR count). The van der Waals surface area contributed by atoms with Crippen LogP contribution in [-0.4, -0.2) is 25.3 Å². The molecule has 0 atom stereocenters. The predicted octanol–water partition coefficient (Wildman–Crippen LogP) is 4.83. The van der Waals surface area contributed by atoms with E-state index in [1.807, 2.05) is 24.3 Å². The Balaban J connectivity index is 0.00000364. The quantitative estimate of drug-likeness (QED) is 0.280. The molecule has 0 unspecified atom stereocenters. The Morgan fingerprint density at radius 3 is 2.56 bits per heavy atom. The lowest BCUT2D eigenvalue weighted by molar-refractivity contribution is 0.368. The summed E-state index contributed by atoms with van der Waals surface area (Å²) in [5.41, 5.74) is 2.06. The van der Waals surface area contributed by atoms with Crippen molar-refractivity contribution >= 4 is 45.9 Å². The second-order valence-corrected chi connectivity index (χ2v) is 6.88. The van der Waals surface area contributed by atoms with Gasteiger partial charge in [0.05, 0.1) is 19.3 Å². The van der Waals surface area contributed by atoms with E-state index in [1.165, 1.54) is 0 Å². The maximum Gasteiger partial charge on any atom is 0.191 e. The van der Waals surface area contributed by atoms with Crippen LogP contribution in [0.3, 0.4) is 0 Å². The van der Waals surface area contributed by atoms with Crippen molar-refractivity contribution in [2.75, 3.05) is 14.2 Å². The predicted molar refractivity (Wildman–Crippen MR) is 123 cm³/mol. The highest BCUT2D eigenvalue weighted by molar-refractivity contribution is 14.0. The van der Waals surface area contributed by atoms with Gasteiger partial charge in [0.2, 0.25) is 0 Å². The molecule has 8 heteroatoms. The van der Waals surface area contributed by atoms with Gasteiger partial charge in [-0.3, -0.25) is 4.99 Å². The average Bonchev–Trinajstić information content (AvgIpc) is 3.12. The van der Waals surface area contributed by atoms with Crippen LogP contribution in [0.4, 0.5) is 0 Å². The van der Waals surface area contributed by atoms with Gasteiger partial charge in [-0.25, -0.2) is 0 Å². The number of halogens is 2. The number of methoxy groups -OCH3 is 1. The first-order valence-electron chi connectivity index (χ1n) is 8.83. The topological polar surface area (TPSA) is 71.7 Å². The van der Waals surface area contributed by atoms with Gasteiger partial charge < -0.3 is 19.9 Å². The summed E-state index contributed by atoms with van der Waals surface area (Å²) in [5.74, 6) is 2.78. The third-order valence-electron chi connectivity index (χ3n) is 4.32. The molecular formula is C19H28BrIN4O2. The number of ether oxygens (including phenoxy) is 1. The van der Waals surface area contributed by atoms with Crippen LogP contribution in [0.15, 0.2) is 38.3 Å². The molecule has 0 aliphatic carbocycles. The Bertz CT molecular complexity index is 732. The van der Waals surface area contributed by atoms with Crippen LogP contribution in [0, 0.1) is 0 Å². The van der Waals surface area contributed by atoms with E-state index in [1.54, 1.807) is 14.2 Å². The van der Waals surface area contributed by atoms with E-state index in [4.69, 9.17) is 9.26 Å². The Morgan fingerprint density at radius 2 is 1.93 bits per heavy atom. The molecule has 2 N–H and O–H groups in total. The highest BCUT2D eigenvalue weighted by Gasteiger charge is 2.13. The van der Waals surface area contributed by atoms with Crippen LogP contribution in [0.1, 0.15) is 49.6 Å². The summed E-state index contributed by atoms with van der Waals surface area (Å²) in [6.45, 7) is 5.46. The van der Waals surface area contributed by atoms with E-state index in [2.05, 4.69) is 50.6 Å². The zero-order chi connectivity index (χ0) is 18.9. The first-order valence-corrected chi connectivity index (χ1v) is 9.62. The van der Waals surface area contributed by atoms with Crippen LogP contribution >= 0.6 is 39.9 Å². The number of nitrogens with zero attached hydrogens (tertiary/aromatic N) is 2. The lowest BCUT2D eigenvalue weighted by Crippen LogP contribution is -2.36. The van der Waals surface area contributed by atoms with Gasteiger partial charge in [0.1, 0.15) is 5.75 Å². The summed E-state index contributed by atoms with van der Waals surface area (Å²) in [7, 11) is 3.41. The third kappa shape index (κ3) is 6.99. The number of benzene rings is 1. The van der Waals surface area contributed by atoms with Crippen molar-refractivity contribution in [2.24, 2.45) is 4.99 Å². The molecule has 0 amide bonds. The second kappa shape index (κ2) is 12.2. The number of guanidine groups is 1. The van der Waals surface area contributed by atoms with Crippen LogP contribution in [0.25, 0.3) is 0 Å². The van der Waals surface area contributed by atoms with Gasteiger partial charge in [-0.1, -0.05) is 34.9 Å². The minimum absolute atomic E-state index is 0. The van der Waals surface area contributed by atoms with Crippen molar-refractivity contribution in [1.29, 1.82) is 0 Å². The maximum absolute atomic E-state index is 5.44. The summed E-state index contributed by atoms with van der Waals surface area (Å²) in [4.78, 5) is 4.25. The van der Waals surface area contributed by atoms with Crippen molar-refractivity contribution in [3.05, 3.63) is 45.8 Å². The first kappa shape index (κ1) is 23.7. The van der Waals surface area contributed by atoms with E-state index in [9.17, 15) is 0 Å². The number of rotatable bonds is 8. The Labute approximate surface area is 186 Å². The summed E-state index contributed by atoms with van der Waals surface area (Å²) in [6.07, 6.45) is 2.13. The fourth-order valence-electron chi connectivity index (χ4n) is 2.77. The van der Waals surface area contributed by atoms with Crippen molar-refractivity contribution < 1.29 is 9.26 Å². The molecule has 1 heterocycles. The summed E-state index contributed by atoms with van der Waals surface area (Å²) < 4.78 is 11.8. The summed E-state index contributed by atoms with van der Waals surface area (Å²) in [6, 6.07) is 7.94. The van der Waals surface area contributed by atoms with Gasteiger partial charge in [0.15, 0.2) is 11.7 Å². The van der Waals surface area contributed by atoms with Gasteiger partial charge in [-0.15, -0.1) is 24.0 Å². The van der Waals surface area contributed by atoms with E-state index < -0.39 is 0 Å². The molecule has 0 saturated heterocycles. The molecule has 1 aromatic heterocycles. The Kier molecular flexibility index (Phi) is 10.8. The molecule has 0 radical (unpaired) electrons. The Morgan fingerprint density at radius 1 is 1.22 bits per heavy atom. The molecule has 2 aromatic rings. The van der Waals surface area contributed by atoms with Crippen molar-refractivity contribution in [2.45, 2.75) is 45.7 Å². The SMILES string of the molecule is CCC(CC)c1cc(CNC(=NC)NCc2cc(Br)ccc2OC)on1.I. The number of hydrogen-bond acceptors (Lipinski definition) is 4. The molecule has 0 spiro atoms. The monoisotopic (exact) mass is 550 g/mol. The standard InChI is InChI=1S/C19H27BrN4O2.HI/c1-5-13(6-2)17-10-16(26-24-17)12-23-19(21-3)22-11-14-9-15(20)7-8-18(14)25-4;/h7-10,13H,5-6,11-12H2,1-4H3,(H2,21,22,23);1H. The smallest absolute Gasteiger partial charge is 0.191 e. The maximum atomic E-state index is 5.44. The fourth-order valence-corrected chi connectivity index (χ4v) is 3.18. The van der Waals surface area contributed by atoms with Crippen molar-refractivity contribution in [3.63, 3.8) is 0 Å². The third-order valence-corrected chi connectivity index (χ3v) is 4.82. The molecule has 0 aliphatic heterocycles. The first-order chi connectivity index (χ1) is 12.6. The van der Waals surface area contributed by atoms with Gasteiger partial charge in [0, 0.05) is 35.6 Å². The van der Waals surface area contributed by atoms with Crippen LogP contribution in [0.2, 0.25) is 0 Å². The van der Waals surface area contributed by atoms with E-state index in [-0.39, 0.29) is 24.0 Å². The van der Waals surface area contributed by atoms with Crippen LogP contribution < -0.4 is 15.4 Å². The largest absolute Gasteiger partial charge is 0.496 e. The number of hydrogen-bond donors (Lipinski definition) is 2. The minimum Gasteiger partial charge on any atom is -0.496 e. The zero-order valence-electron chi connectivity index (χ0n) is 16.2. The lowest BCUT2D eigenvalue weighted by atomic mass is 9.99. The molecule has 1 aromatic carbocycles. The molecule has 150 valence electrons. The van der Waals surface area contributed by atoms with Crippen molar-refractivity contribution in [1.82, 2.24) is 15.8 Å². The average molecular weight is 551 g/mol. The molecule has 6 nitrogen and oxygen atoms in total. The molecular weight excluding hydrogens is 523 g/mol. The van der Waals surface area contributed by atoms with Gasteiger partial charge in [-0.2, -0.15) is 0 Å². The number of aliphatic imine (C=N–C) groups is 1. The highest BCUT2D eigenvalue weighted by atomic mass is 127. The molecule has 27 heavy (non-hydrogen) atoms. The van der Waals surface area contributed by atoms with Gasteiger partial charge >= 0.3 is 0 Å². The molecule has 0 bridgehead atoms. The molecule has 0 fully saturated rings. The number of nitrogens with one attached hydrogen (secondary N) is 2. The zero-order valence-corrected chi connectivity index (χ0v) is 20.1. The highest BCUT2D eigenvalue weighted by Crippen LogP contribution is 2.23. The van der Waals surface area contributed by atoms with Crippen molar-refractivity contribution in [3.8, 4) is 5.75 Å². The molecule has 0 aliphatic rings. The Hall–Kier alpha value is -1.29. The van der Waals surface area contributed by atoms with Gasteiger partial charge in [-0.05, 0) is 31.0 Å². The van der Waals surface area contributed by atoms with Gasteiger partial charge in [0.25, 0.3) is 0 Å².